The van der Waals surface area contributed by atoms with Crippen LogP contribution in [0.5, 0.6) is 0 Å². The van der Waals surface area contributed by atoms with Gasteiger partial charge in [0, 0.05) is 31.4 Å². The van der Waals surface area contributed by atoms with Gasteiger partial charge in [-0.3, -0.25) is 4.79 Å². The molecule has 0 unspecified atom stereocenters. The topological polar surface area (TPSA) is 49.6 Å². The van der Waals surface area contributed by atoms with E-state index in [-0.39, 0.29) is 5.91 Å². The number of nitrogens with one attached hydrogen (secondary N) is 1. The molecule has 3 heterocycles. The third-order valence-electron chi connectivity index (χ3n) is 4.57. The van der Waals surface area contributed by atoms with Crippen molar-refractivity contribution in [3.63, 3.8) is 0 Å². The summed E-state index contributed by atoms with van der Waals surface area (Å²) in [5.41, 5.74) is 7.30. The third kappa shape index (κ3) is 2.74. The van der Waals surface area contributed by atoms with Crippen LogP contribution in [0.4, 0.5) is 5.69 Å². The second kappa shape index (κ2) is 5.91. The molecule has 1 N–H and O–H groups in total. The minimum Gasteiger partial charge on any atom is -0.362 e. The largest absolute Gasteiger partial charge is 0.362 e. The average molecular weight is 308 g/mol. The normalized spacial score (nSPS) is 17.9. The Hall–Kier alpha value is -2.56. The van der Waals surface area contributed by atoms with Gasteiger partial charge in [-0.25, -0.2) is 5.43 Å². The van der Waals surface area contributed by atoms with Gasteiger partial charge in [0.15, 0.2) is 0 Å². The van der Waals surface area contributed by atoms with Crippen molar-refractivity contribution < 1.29 is 4.79 Å². The first-order valence-electron chi connectivity index (χ1n) is 8.15. The van der Waals surface area contributed by atoms with Crippen molar-refractivity contribution in [2.75, 3.05) is 18.0 Å². The number of carbonyl (C=O) groups is 1. The van der Waals surface area contributed by atoms with Gasteiger partial charge in [0.1, 0.15) is 0 Å². The van der Waals surface area contributed by atoms with Crippen LogP contribution in [0.15, 0.2) is 47.7 Å². The molecule has 5 heteroatoms. The van der Waals surface area contributed by atoms with Gasteiger partial charge < -0.3 is 9.47 Å². The van der Waals surface area contributed by atoms with Gasteiger partial charge in [-0.15, -0.1) is 0 Å². The third-order valence-corrected chi connectivity index (χ3v) is 4.57. The van der Waals surface area contributed by atoms with Gasteiger partial charge in [0.05, 0.1) is 18.0 Å². The lowest BCUT2D eigenvalue weighted by atomic mass is 10.0. The van der Waals surface area contributed by atoms with Gasteiger partial charge >= 0.3 is 0 Å². The Kier molecular flexibility index (Phi) is 3.61. The summed E-state index contributed by atoms with van der Waals surface area (Å²) >= 11 is 0. The van der Waals surface area contributed by atoms with Crippen LogP contribution in [0.25, 0.3) is 0 Å². The fraction of sp³-hybridized carbons (Fsp3) is 0.333. The number of rotatable bonds is 3. The highest BCUT2D eigenvalue weighted by Crippen LogP contribution is 2.26. The summed E-state index contributed by atoms with van der Waals surface area (Å²) in [6.07, 6.45) is 5.10. The Morgan fingerprint density at radius 3 is 3.00 bits per heavy atom. The van der Waals surface area contributed by atoms with E-state index in [0.29, 0.717) is 6.54 Å². The van der Waals surface area contributed by atoms with Crippen molar-refractivity contribution >= 4 is 17.3 Å². The molecule has 1 aromatic heterocycles. The molecule has 0 saturated carbocycles. The van der Waals surface area contributed by atoms with Crippen LogP contribution in [-0.4, -0.2) is 29.3 Å². The standard InChI is InChI=1S/C18H20N4O/c23-18(20-19-15-9-12-21-10-4-8-17(15)21)13-22-11-3-6-14-5-1-2-7-16(14)22/h1-2,4-5,7-8,10H,3,6,9,11-13H2,(H,20,23). The van der Waals surface area contributed by atoms with Crippen molar-refractivity contribution in [1.82, 2.24) is 9.99 Å². The van der Waals surface area contributed by atoms with Gasteiger partial charge in [-0.2, -0.15) is 5.10 Å². The second-order valence-corrected chi connectivity index (χ2v) is 6.08. The number of aryl methyl sites for hydroxylation is 2. The lowest BCUT2D eigenvalue weighted by Gasteiger charge is -2.30. The van der Waals surface area contributed by atoms with Crippen LogP contribution in [0.1, 0.15) is 24.1 Å². The van der Waals surface area contributed by atoms with Gasteiger partial charge in [-0.1, -0.05) is 18.2 Å². The first-order valence-corrected chi connectivity index (χ1v) is 8.15. The summed E-state index contributed by atoms with van der Waals surface area (Å²) < 4.78 is 2.16. The molecule has 1 amide bonds. The van der Waals surface area contributed by atoms with Gasteiger partial charge in [-0.05, 0) is 36.6 Å². The molecule has 0 atom stereocenters. The summed E-state index contributed by atoms with van der Waals surface area (Å²) in [6, 6.07) is 12.4. The number of benzene rings is 1. The molecule has 2 aliphatic heterocycles. The van der Waals surface area contributed by atoms with Crippen LogP contribution in [-0.2, 0) is 17.8 Å². The van der Waals surface area contributed by atoms with E-state index in [1.165, 1.54) is 11.3 Å². The minimum atomic E-state index is -0.0563. The molecule has 0 radical (unpaired) electrons. The summed E-state index contributed by atoms with van der Waals surface area (Å²) in [4.78, 5) is 14.4. The molecule has 0 aliphatic carbocycles. The Morgan fingerprint density at radius 1 is 1.13 bits per heavy atom. The number of para-hydroxylation sites is 1. The molecular weight excluding hydrogens is 288 g/mol. The van der Waals surface area contributed by atoms with E-state index in [1.807, 2.05) is 24.4 Å². The number of hydrogen-bond donors (Lipinski definition) is 1. The van der Waals surface area contributed by atoms with E-state index in [9.17, 15) is 4.79 Å². The maximum Gasteiger partial charge on any atom is 0.259 e. The molecule has 118 valence electrons. The van der Waals surface area contributed by atoms with Crippen LogP contribution in [0, 0.1) is 0 Å². The molecule has 23 heavy (non-hydrogen) atoms. The van der Waals surface area contributed by atoms with E-state index >= 15 is 0 Å². The summed E-state index contributed by atoms with van der Waals surface area (Å²) in [6.45, 7) is 2.22. The Labute approximate surface area is 135 Å². The van der Waals surface area contributed by atoms with Crippen LogP contribution in [0.3, 0.4) is 0 Å². The molecule has 0 spiro atoms. The number of carbonyl (C=O) groups excluding carboxylic acids is 1. The number of fused-ring (bicyclic) bond motifs is 2. The minimum absolute atomic E-state index is 0.0563. The number of anilines is 1. The zero-order valence-corrected chi connectivity index (χ0v) is 13.0. The van der Waals surface area contributed by atoms with E-state index < -0.39 is 0 Å². The molecule has 1 aromatic carbocycles. The predicted octanol–water partition coefficient (Wildman–Crippen LogP) is 2.16. The lowest BCUT2D eigenvalue weighted by Crippen LogP contribution is -2.38. The molecule has 5 nitrogen and oxygen atoms in total. The second-order valence-electron chi connectivity index (χ2n) is 6.08. The highest BCUT2D eigenvalue weighted by Gasteiger charge is 2.20. The molecular formula is C18H20N4O. The Balaban J connectivity index is 1.42. The maximum absolute atomic E-state index is 12.3. The summed E-state index contributed by atoms with van der Waals surface area (Å²) in [7, 11) is 0. The quantitative estimate of drug-likeness (QED) is 0.884. The Bertz CT molecular complexity index is 762. The SMILES string of the molecule is O=C(CN1CCCc2ccccc21)NN=C1CCn2cccc21. The monoisotopic (exact) mass is 308 g/mol. The van der Waals surface area contributed by atoms with Gasteiger partial charge in [0.25, 0.3) is 5.91 Å². The number of nitrogens with zero attached hydrogens (tertiary/aromatic N) is 3. The zero-order valence-electron chi connectivity index (χ0n) is 13.0. The zero-order chi connectivity index (χ0) is 15.6. The van der Waals surface area contributed by atoms with Crippen molar-refractivity contribution in [2.24, 2.45) is 5.10 Å². The maximum atomic E-state index is 12.3. The highest BCUT2D eigenvalue weighted by atomic mass is 16.2. The number of amides is 1. The fourth-order valence-electron chi connectivity index (χ4n) is 3.45. The smallest absolute Gasteiger partial charge is 0.259 e. The van der Waals surface area contributed by atoms with Crippen LogP contribution < -0.4 is 10.3 Å². The molecule has 0 fully saturated rings. The van der Waals surface area contributed by atoms with E-state index in [4.69, 9.17) is 0 Å². The molecule has 2 aromatic rings. The molecule has 4 rings (SSSR count). The Morgan fingerprint density at radius 2 is 2.04 bits per heavy atom. The van der Waals surface area contributed by atoms with Gasteiger partial charge in [0.2, 0.25) is 0 Å². The van der Waals surface area contributed by atoms with Crippen molar-refractivity contribution in [2.45, 2.75) is 25.8 Å². The summed E-state index contributed by atoms with van der Waals surface area (Å²) in [5.74, 6) is -0.0563. The van der Waals surface area contributed by atoms with E-state index in [0.717, 1.165) is 43.8 Å². The highest BCUT2D eigenvalue weighted by molar-refractivity contribution is 6.01. The first kappa shape index (κ1) is 14.1. The van der Waals surface area contributed by atoms with Crippen LogP contribution >= 0.6 is 0 Å². The summed E-state index contributed by atoms with van der Waals surface area (Å²) in [5, 5.41) is 4.33. The predicted molar refractivity (Wildman–Crippen MR) is 90.7 cm³/mol. The number of hydrazone groups is 1. The number of hydrogen-bond acceptors (Lipinski definition) is 3. The fourth-order valence-corrected chi connectivity index (χ4v) is 3.45. The molecule has 2 aliphatic rings. The van der Waals surface area contributed by atoms with Crippen molar-refractivity contribution in [1.29, 1.82) is 0 Å². The van der Waals surface area contributed by atoms with E-state index in [2.05, 4.69) is 38.2 Å². The molecule has 0 bridgehead atoms. The average Bonchev–Trinajstić information content (AvgIpc) is 3.17. The van der Waals surface area contributed by atoms with Crippen molar-refractivity contribution in [3.8, 4) is 0 Å². The van der Waals surface area contributed by atoms with Crippen molar-refractivity contribution in [3.05, 3.63) is 53.9 Å². The van der Waals surface area contributed by atoms with Crippen LogP contribution in [0.2, 0.25) is 0 Å². The molecule has 0 saturated heterocycles. The number of aromatic nitrogens is 1. The first-order chi connectivity index (χ1) is 11.3. The van der Waals surface area contributed by atoms with E-state index in [1.54, 1.807) is 0 Å². The lowest BCUT2D eigenvalue weighted by molar-refractivity contribution is -0.119.